The van der Waals surface area contributed by atoms with E-state index < -0.39 is 10.8 Å². The summed E-state index contributed by atoms with van der Waals surface area (Å²) in [5, 5.41) is 0. The van der Waals surface area contributed by atoms with Crippen LogP contribution in [0.2, 0.25) is 0 Å². The molecule has 1 aromatic heterocycles. The summed E-state index contributed by atoms with van der Waals surface area (Å²) in [6, 6.07) is 7.79. The zero-order valence-corrected chi connectivity index (χ0v) is 9.11. The van der Waals surface area contributed by atoms with Crippen LogP contribution in [-0.2, 0) is 10.8 Å². The summed E-state index contributed by atoms with van der Waals surface area (Å²) in [7, 11) is -1.03. The zero-order valence-electron chi connectivity index (χ0n) is 7.47. The van der Waals surface area contributed by atoms with Gasteiger partial charge in [0.05, 0.1) is 21.0 Å². The summed E-state index contributed by atoms with van der Waals surface area (Å²) in [5.74, 6) is 0.486. The Morgan fingerprint density at radius 1 is 1.43 bits per heavy atom. The molecule has 0 aliphatic rings. The zero-order chi connectivity index (χ0) is 9.97. The SMILES string of the molecule is NCCS(=O)c1nc2ccccc2s1. The number of thiazole rings is 1. The number of hydrogen-bond donors (Lipinski definition) is 1. The molecule has 0 fully saturated rings. The number of benzene rings is 1. The van der Waals surface area contributed by atoms with Crippen LogP contribution >= 0.6 is 11.3 Å². The molecule has 3 nitrogen and oxygen atoms in total. The van der Waals surface area contributed by atoms with Crippen molar-refractivity contribution in [2.24, 2.45) is 5.73 Å². The number of nitrogens with zero attached hydrogens (tertiary/aromatic N) is 1. The number of para-hydroxylation sites is 1. The van der Waals surface area contributed by atoms with Gasteiger partial charge in [-0.05, 0) is 12.1 Å². The van der Waals surface area contributed by atoms with Crippen LogP contribution in [0.15, 0.2) is 28.6 Å². The first-order valence-corrected chi connectivity index (χ1v) is 6.39. The molecule has 0 saturated carbocycles. The molecule has 0 radical (unpaired) electrons. The van der Waals surface area contributed by atoms with Gasteiger partial charge in [0.15, 0.2) is 4.34 Å². The molecule has 74 valence electrons. The largest absolute Gasteiger partial charge is 0.330 e. The van der Waals surface area contributed by atoms with Crippen LogP contribution in [0.25, 0.3) is 10.2 Å². The first kappa shape index (κ1) is 9.76. The molecule has 0 bridgehead atoms. The van der Waals surface area contributed by atoms with Crippen LogP contribution in [0.3, 0.4) is 0 Å². The minimum absolute atomic E-state index is 0.433. The van der Waals surface area contributed by atoms with E-state index in [1.165, 1.54) is 11.3 Å². The van der Waals surface area contributed by atoms with Gasteiger partial charge in [-0.15, -0.1) is 11.3 Å². The Labute approximate surface area is 88.4 Å². The maximum absolute atomic E-state index is 11.6. The molecule has 0 amide bonds. The van der Waals surface area contributed by atoms with E-state index in [2.05, 4.69) is 4.98 Å². The molecule has 14 heavy (non-hydrogen) atoms. The van der Waals surface area contributed by atoms with Gasteiger partial charge in [-0.3, -0.25) is 4.21 Å². The molecule has 2 N–H and O–H groups in total. The lowest BCUT2D eigenvalue weighted by atomic mass is 10.3. The molecule has 1 heterocycles. The second kappa shape index (κ2) is 4.16. The smallest absolute Gasteiger partial charge is 0.181 e. The first-order chi connectivity index (χ1) is 6.81. The van der Waals surface area contributed by atoms with E-state index in [0.717, 1.165) is 10.2 Å². The Kier molecular flexibility index (Phi) is 2.90. The topological polar surface area (TPSA) is 56.0 Å². The van der Waals surface area contributed by atoms with E-state index in [1.54, 1.807) is 0 Å². The van der Waals surface area contributed by atoms with Crippen molar-refractivity contribution < 1.29 is 4.21 Å². The number of nitrogens with two attached hydrogens (primary N) is 1. The van der Waals surface area contributed by atoms with Gasteiger partial charge in [-0.25, -0.2) is 4.98 Å². The molecular weight excluding hydrogens is 216 g/mol. The fourth-order valence-electron chi connectivity index (χ4n) is 1.14. The van der Waals surface area contributed by atoms with Crippen LogP contribution in [0.5, 0.6) is 0 Å². The highest BCUT2D eigenvalue weighted by Gasteiger charge is 2.08. The van der Waals surface area contributed by atoms with E-state index >= 15 is 0 Å². The van der Waals surface area contributed by atoms with Crippen LogP contribution < -0.4 is 5.73 Å². The third-order valence-corrected chi connectivity index (χ3v) is 4.50. The van der Waals surface area contributed by atoms with Gasteiger partial charge in [0.25, 0.3) is 0 Å². The summed E-state index contributed by atoms with van der Waals surface area (Å²) < 4.78 is 13.3. The number of rotatable bonds is 3. The Hall–Kier alpha value is -0.780. The summed E-state index contributed by atoms with van der Waals surface area (Å²) in [6.07, 6.45) is 0. The molecule has 5 heteroatoms. The van der Waals surface area contributed by atoms with E-state index in [0.29, 0.717) is 16.6 Å². The third kappa shape index (κ3) is 1.84. The lowest BCUT2D eigenvalue weighted by Crippen LogP contribution is -2.09. The van der Waals surface area contributed by atoms with E-state index in [-0.39, 0.29) is 0 Å². The predicted molar refractivity (Wildman–Crippen MR) is 59.9 cm³/mol. The highest BCUT2D eigenvalue weighted by atomic mass is 32.2. The van der Waals surface area contributed by atoms with Crippen molar-refractivity contribution in [3.05, 3.63) is 24.3 Å². The Morgan fingerprint density at radius 2 is 2.21 bits per heavy atom. The average molecular weight is 226 g/mol. The van der Waals surface area contributed by atoms with Gasteiger partial charge in [0, 0.05) is 12.3 Å². The molecule has 0 aliphatic carbocycles. The molecule has 2 rings (SSSR count). The average Bonchev–Trinajstić information content (AvgIpc) is 2.61. The number of hydrogen-bond acceptors (Lipinski definition) is 4. The lowest BCUT2D eigenvalue weighted by Gasteiger charge is -1.91. The standard InChI is InChI=1S/C9H10N2OS2/c10-5-6-14(12)9-11-7-3-1-2-4-8(7)13-9/h1-4H,5-6,10H2. The van der Waals surface area contributed by atoms with Gasteiger partial charge in [0.2, 0.25) is 0 Å². The second-order valence-electron chi connectivity index (χ2n) is 2.79. The summed E-state index contributed by atoms with van der Waals surface area (Å²) in [5.41, 5.74) is 6.26. The fourth-order valence-corrected chi connectivity index (χ4v) is 3.32. The normalized spacial score (nSPS) is 13.2. The van der Waals surface area contributed by atoms with Crippen LogP contribution in [0.1, 0.15) is 0 Å². The van der Waals surface area contributed by atoms with Gasteiger partial charge < -0.3 is 5.73 Å². The molecule has 0 spiro atoms. The minimum Gasteiger partial charge on any atom is -0.330 e. The maximum atomic E-state index is 11.6. The number of fused-ring (bicyclic) bond motifs is 1. The van der Waals surface area contributed by atoms with Crippen LogP contribution in [0, 0.1) is 0 Å². The monoisotopic (exact) mass is 226 g/mol. The van der Waals surface area contributed by atoms with Crippen molar-refractivity contribution in [3.8, 4) is 0 Å². The Bertz CT molecular complexity index is 434. The fraction of sp³-hybridized carbons (Fsp3) is 0.222. The maximum Gasteiger partial charge on any atom is 0.181 e. The van der Waals surface area contributed by atoms with Gasteiger partial charge in [0.1, 0.15) is 0 Å². The highest BCUT2D eigenvalue weighted by Crippen LogP contribution is 2.23. The summed E-state index contributed by atoms with van der Waals surface area (Å²) in [4.78, 5) is 4.29. The van der Waals surface area contributed by atoms with Crippen molar-refractivity contribution in [2.75, 3.05) is 12.3 Å². The van der Waals surface area contributed by atoms with Crippen molar-refractivity contribution >= 4 is 32.4 Å². The van der Waals surface area contributed by atoms with Crippen LogP contribution in [-0.4, -0.2) is 21.5 Å². The third-order valence-electron chi connectivity index (χ3n) is 1.77. The van der Waals surface area contributed by atoms with E-state index in [9.17, 15) is 4.21 Å². The van der Waals surface area contributed by atoms with Crippen molar-refractivity contribution in [1.82, 2.24) is 4.98 Å². The van der Waals surface area contributed by atoms with Crippen LogP contribution in [0.4, 0.5) is 0 Å². The van der Waals surface area contributed by atoms with E-state index in [1.807, 2.05) is 24.3 Å². The molecule has 2 aromatic rings. The molecule has 1 atom stereocenters. The summed E-state index contributed by atoms with van der Waals surface area (Å²) in [6.45, 7) is 0.433. The summed E-state index contributed by atoms with van der Waals surface area (Å²) >= 11 is 1.48. The Balaban J connectivity index is 2.40. The first-order valence-electron chi connectivity index (χ1n) is 4.25. The second-order valence-corrected chi connectivity index (χ2v) is 5.56. The minimum atomic E-state index is -1.03. The lowest BCUT2D eigenvalue weighted by molar-refractivity contribution is 0.682. The van der Waals surface area contributed by atoms with Crippen molar-refractivity contribution in [2.45, 2.75) is 4.34 Å². The predicted octanol–water partition coefficient (Wildman–Crippen LogP) is 1.36. The van der Waals surface area contributed by atoms with Gasteiger partial charge in [-0.2, -0.15) is 0 Å². The van der Waals surface area contributed by atoms with Gasteiger partial charge >= 0.3 is 0 Å². The van der Waals surface area contributed by atoms with Gasteiger partial charge in [-0.1, -0.05) is 12.1 Å². The molecule has 1 unspecified atom stereocenters. The number of aromatic nitrogens is 1. The van der Waals surface area contributed by atoms with Crippen molar-refractivity contribution in [3.63, 3.8) is 0 Å². The quantitative estimate of drug-likeness (QED) is 0.859. The Morgan fingerprint density at radius 3 is 2.93 bits per heavy atom. The van der Waals surface area contributed by atoms with Crippen molar-refractivity contribution in [1.29, 1.82) is 0 Å². The molecule has 0 aliphatic heterocycles. The highest BCUT2D eigenvalue weighted by molar-refractivity contribution is 7.87. The molecule has 1 aromatic carbocycles. The van der Waals surface area contributed by atoms with E-state index in [4.69, 9.17) is 5.73 Å². The molecular formula is C9H10N2OS2. The molecule has 0 saturated heterocycles.